The zero-order valence-corrected chi connectivity index (χ0v) is 16.4. The van der Waals surface area contributed by atoms with Gasteiger partial charge in [0.2, 0.25) is 15.9 Å². The third kappa shape index (κ3) is 4.31. The number of fused-ring (bicyclic) bond motifs is 1. The summed E-state index contributed by atoms with van der Waals surface area (Å²) in [5.74, 6) is 0.304. The summed E-state index contributed by atoms with van der Waals surface area (Å²) >= 11 is 0. The summed E-state index contributed by atoms with van der Waals surface area (Å²) in [5.41, 5.74) is 6.32. The van der Waals surface area contributed by atoms with E-state index in [0.29, 0.717) is 38.9 Å². The fourth-order valence-corrected chi connectivity index (χ4v) is 5.00. The van der Waals surface area contributed by atoms with E-state index < -0.39 is 10.0 Å². The number of carbonyl (C=O) groups excluding carboxylic acids is 1. The molecule has 2 heterocycles. The molecule has 2 aliphatic heterocycles. The highest BCUT2D eigenvalue weighted by atomic mass is 35.5. The second-order valence-electron chi connectivity index (χ2n) is 6.68. The van der Waals surface area contributed by atoms with Crippen LogP contribution in [0.15, 0.2) is 23.1 Å². The van der Waals surface area contributed by atoms with Crippen molar-refractivity contribution in [3.05, 3.63) is 23.8 Å². The molecular formula is C17H26ClN3O4S. The topological polar surface area (TPSA) is 102 Å². The first-order valence-corrected chi connectivity index (χ1v) is 10.1. The number of piperidine rings is 1. The zero-order valence-electron chi connectivity index (χ0n) is 14.8. The van der Waals surface area contributed by atoms with Gasteiger partial charge >= 0.3 is 0 Å². The first-order valence-electron chi connectivity index (χ1n) is 8.69. The van der Waals surface area contributed by atoms with Crippen LogP contribution in [-0.2, 0) is 21.2 Å². The molecule has 1 aromatic rings. The smallest absolute Gasteiger partial charge is 0.243 e. The van der Waals surface area contributed by atoms with Crippen LogP contribution in [0.5, 0.6) is 5.75 Å². The van der Waals surface area contributed by atoms with Crippen LogP contribution >= 0.6 is 12.4 Å². The molecule has 0 aromatic heterocycles. The summed E-state index contributed by atoms with van der Waals surface area (Å²) in [5, 5.41) is 2.75. The molecule has 1 aromatic carbocycles. The number of nitrogens with zero attached hydrogens (tertiary/aromatic N) is 1. The molecule has 3 N–H and O–H groups in total. The number of carbonyl (C=O) groups is 1. The van der Waals surface area contributed by atoms with E-state index in [9.17, 15) is 13.2 Å². The number of ether oxygens (including phenoxy) is 1. The van der Waals surface area contributed by atoms with Gasteiger partial charge in [-0.2, -0.15) is 4.31 Å². The second kappa shape index (κ2) is 8.56. The molecule has 0 aliphatic carbocycles. The molecule has 7 nitrogen and oxygen atoms in total. The van der Waals surface area contributed by atoms with Crippen LogP contribution in [0, 0.1) is 5.92 Å². The van der Waals surface area contributed by atoms with E-state index in [1.54, 1.807) is 18.2 Å². The average Bonchev–Trinajstić information content (AvgIpc) is 2.98. The van der Waals surface area contributed by atoms with Gasteiger partial charge in [0, 0.05) is 32.6 Å². The Balaban J connectivity index is 0.00000243. The van der Waals surface area contributed by atoms with E-state index in [1.165, 1.54) is 4.31 Å². The lowest BCUT2D eigenvalue weighted by molar-refractivity contribution is -0.126. The van der Waals surface area contributed by atoms with Crippen molar-refractivity contribution in [2.75, 3.05) is 26.2 Å². The predicted octanol–water partition coefficient (Wildman–Crippen LogP) is 0.907. The molecule has 9 heteroatoms. The van der Waals surface area contributed by atoms with E-state index in [0.717, 1.165) is 11.3 Å². The third-order valence-corrected chi connectivity index (χ3v) is 6.56. The Kier molecular flexibility index (Phi) is 6.90. The van der Waals surface area contributed by atoms with Gasteiger partial charge in [0.05, 0.1) is 10.8 Å². The van der Waals surface area contributed by atoms with Crippen molar-refractivity contribution in [1.29, 1.82) is 0 Å². The summed E-state index contributed by atoms with van der Waals surface area (Å²) in [6, 6.07) is 5.01. The Morgan fingerprint density at radius 1 is 1.42 bits per heavy atom. The van der Waals surface area contributed by atoms with Crippen LogP contribution in [0.4, 0.5) is 0 Å². The van der Waals surface area contributed by atoms with Crippen molar-refractivity contribution in [3.8, 4) is 5.75 Å². The highest BCUT2D eigenvalue weighted by Crippen LogP contribution is 2.32. The first-order chi connectivity index (χ1) is 11.9. The molecule has 146 valence electrons. The monoisotopic (exact) mass is 403 g/mol. The highest BCUT2D eigenvalue weighted by Gasteiger charge is 2.34. The molecule has 1 saturated heterocycles. The Hall–Kier alpha value is -1.35. The Bertz CT molecular complexity index is 756. The third-order valence-electron chi connectivity index (χ3n) is 4.70. The lowest BCUT2D eigenvalue weighted by Crippen LogP contribution is -2.46. The second-order valence-corrected chi connectivity index (χ2v) is 8.62. The van der Waals surface area contributed by atoms with Crippen molar-refractivity contribution in [2.24, 2.45) is 11.7 Å². The van der Waals surface area contributed by atoms with Gasteiger partial charge in [-0.05, 0) is 43.5 Å². The number of amides is 1. The largest absolute Gasteiger partial charge is 0.490 e. The van der Waals surface area contributed by atoms with E-state index in [2.05, 4.69) is 5.32 Å². The molecule has 1 amide bonds. The van der Waals surface area contributed by atoms with Crippen LogP contribution in [0.25, 0.3) is 0 Å². The van der Waals surface area contributed by atoms with Crippen LogP contribution < -0.4 is 15.8 Å². The Morgan fingerprint density at radius 2 is 2.19 bits per heavy atom. The molecular weight excluding hydrogens is 378 g/mol. The Morgan fingerprint density at radius 3 is 2.92 bits per heavy atom. The minimum Gasteiger partial charge on any atom is -0.490 e. The zero-order chi connectivity index (χ0) is 18.0. The quantitative estimate of drug-likeness (QED) is 0.760. The minimum absolute atomic E-state index is 0. The number of nitrogens with one attached hydrogen (secondary N) is 1. The number of benzene rings is 1. The van der Waals surface area contributed by atoms with Gasteiger partial charge in [-0.1, -0.05) is 0 Å². The normalized spacial score (nSPS) is 22.8. The standard InChI is InChI=1S/C17H25N3O4S.ClH/c1-12-9-14-10-15(4-5-16(14)24-12)25(22,23)20-8-2-3-13(11-20)17(21)19-7-6-18;/h4-5,10,12-13H,2-3,6-9,11,18H2,1H3,(H,19,21);1H. The molecule has 0 bridgehead atoms. The van der Waals surface area contributed by atoms with Crippen LogP contribution in [0.2, 0.25) is 0 Å². The maximum Gasteiger partial charge on any atom is 0.243 e. The Labute approximate surface area is 160 Å². The maximum absolute atomic E-state index is 13.0. The summed E-state index contributed by atoms with van der Waals surface area (Å²) in [6.07, 6.45) is 2.14. The summed E-state index contributed by atoms with van der Waals surface area (Å²) in [7, 11) is -3.61. The van der Waals surface area contributed by atoms with Gasteiger partial charge in [-0.25, -0.2) is 8.42 Å². The van der Waals surface area contributed by atoms with Crippen molar-refractivity contribution in [3.63, 3.8) is 0 Å². The fraction of sp³-hybridized carbons (Fsp3) is 0.588. The van der Waals surface area contributed by atoms with Gasteiger partial charge in [0.25, 0.3) is 0 Å². The van der Waals surface area contributed by atoms with Crippen molar-refractivity contribution >= 4 is 28.3 Å². The van der Waals surface area contributed by atoms with Crippen LogP contribution in [0.1, 0.15) is 25.3 Å². The highest BCUT2D eigenvalue weighted by molar-refractivity contribution is 7.89. The van der Waals surface area contributed by atoms with E-state index in [4.69, 9.17) is 10.5 Å². The lowest BCUT2D eigenvalue weighted by atomic mass is 9.99. The molecule has 3 rings (SSSR count). The van der Waals surface area contributed by atoms with Crippen molar-refractivity contribution in [1.82, 2.24) is 9.62 Å². The van der Waals surface area contributed by atoms with Gasteiger partial charge < -0.3 is 15.8 Å². The number of hydrogen-bond acceptors (Lipinski definition) is 5. The minimum atomic E-state index is -3.61. The van der Waals surface area contributed by atoms with Crippen LogP contribution in [0.3, 0.4) is 0 Å². The van der Waals surface area contributed by atoms with Gasteiger partial charge in [-0.3, -0.25) is 4.79 Å². The van der Waals surface area contributed by atoms with Crippen molar-refractivity contribution in [2.45, 2.75) is 37.2 Å². The molecule has 26 heavy (non-hydrogen) atoms. The van der Waals surface area contributed by atoms with E-state index in [-0.39, 0.29) is 41.8 Å². The lowest BCUT2D eigenvalue weighted by Gasteiger charge is -2.31. The molecule has 0 spiro atoms. The summed E-state index contributed by atoms with van der Waals surface area (Å²) < 4.78 is 33.0. The molecule has 2 aliphatic rings. The number of rotatable bonds is 5. The molecule has 2 atom stereocenters. The molecule has 0 radical (unpaired) electrons. The maximum atomic E-state index is 13.0. The van der Waals surface area contributed by atoms with Gasteiger partial charge in [0.15, 0.2) is 0 Å². The molecule has 1 fully saturated rings. The van der Waals surface area contributed by atoms with Crippen molar-refractivity contribution < 1.29 is 17.9 Å². The SMILES string of the molecule is CC1Cc2cc(S(=O)(=O)N3CCCC(C(=O)NCCN)C3)ccc2O1.Cl. The first kappa shape index (κ1) is 21.0. The molecule has 2 unspecified atom stereocenters. The van der Waals surface area contributed by atoms with E-state index in [1.807, 2.05) is 6.92 Å². The summed E-state index contributed by atoms with van der Waals surface area (Å²) in [6.45, 7) is 3.39. The number of halogens is 1. The molecule has 0 saturated carbocycles. The van der Waals surface area contributed by atoms with Gasteiger partial charge in [-0.15, -0.1) is 12.4 Å². The number of nitrogens with two attached hydrogens (primary N) is 1. The number of sulfonamides is 1. The van der Waals surface area contributed by atoms with E-state index >= 15 is 0 Å². The van der Waals surface area contributed by atoms with Gasteiger partial charge in [0.1, 0.15) is 11.9 Å². The van der Waals surface area contributed by atoms with Crippen LogP contribution in [-0.4, -0.2) is 50.9 Å². The fourth-order valence-electron chi connectivity index (χ4n) is 3.42. The summed E-state index contributed by atoms with van der Waals surface area (Å²) in [4.78, 5) is 12.4. The number of hydrogen-bond donors (Lipinski definition) is 2. The predicted molar refractivity (Wildman–Crippen MR) is 101 cm³/mol. The average molecular weight is 404 g/mol.